The summed E-state index contributed by atoms with van der Waals surface area (Å²) in [5.41, 5.74) is 8.82. The smallest absolute Gasteiger partial charge is 0.290 e. The van der Waals surface area contributed by atoms with Crippen LogP contribution in [-0.2, 0) is 4.79 Å². The lowest BCUT2D eigenvalue weighted by molar-refractivity contribution is -0.122. The number of carbonyl (C=O) groups is 2. The number of rotatable bonds is 6. The van der Waals surface area contributed by atoms with Crippen molar-refractivity contribution in [2.75, 3.05) is 6.61 Å². The first-order valence-electron chi connectivity index (χ1n) is 12.7. The molecule has 0 aliphatic heterocycles. The van der Waals surface area contributed by atoms with Crippen LogP contribution < -0.4 is 10.5 Å². The largest absolute Gasteiger partial charge is 0.503 e. The number of carbonyl (C=O) groups excluding carboxylic acids is 1. The van der Waals surface area contributed by atoms with E-state index in [2.05, 4.69) is 65.1 Å². The van der Waals surface area contributed by atoms with Gasteiger partial charge in [-0.15, -0.1) is 13.2 Å². The Hall–Kier alpha value is -3.54. The van der Waals surface area contributed by atoms with Crippen LogP contribution in [0.3, 0.4) is 0 Å². The Labute approximate surface area is 222 Å². The monoisotopic (exact) mass is 511 g/mol. The number of hydrogen-bond acceptors (Lipinski definition) is 5. The zero-order valence-corrected chi connectivity index (χ0v) is 23.1. The van der Waals surface area contributed by atoms with E-state index in [0.29, 0.717) is 23.3 Å². The number of aliphatic hydroxyl groups excluding tert-OH is 1. The number of Topliss-reactive ketones (excluding diaryl/α,β-unsaturated/α-hetero) is 1. The molecule has 0 radical (unpaired) electrons. The second-order valence-electron chi connectivity index (χ2n) is 9.33. The van der Waals surface area contributed by atoms with Gasteiger partial charge in [0, 0.05) is 5.56 Å². The van der Waals surface area contributed by atoms with Crippen molar-refractivity contribution in [1.29, 1.82) is 0 Å². The average molecular weight is 512 g/mol. The maximum absolute atomic E-state index is 11.9. The average Bonchev–Trinajstić information content (AvgIpc) is 2.90. The molecule has 6 nitrogen and oxygen atoms in total. The molecule has 0 amide bonds. The topological polar surface area (TPSA) is 110 Å². The van der Waals surface area contributed by atoms with E-state index in [1.165, 1.54) is 43.7 Å². The molecule has 204 valence electrons. The summed E-state index contributed by atoms with van der Waals surface area (Å²) in [6.45, 7) is 16.9. The maximum Gasteiger partial charge on any atom is 0.290 e. The van der Waals surface area contributed by atoms with Gasteiger partial charge in [-0.3, -0.25) is 9.59 Å². The Balaban J connectivity index is 0.000000717. The summed E-state index contributed by atoms with van der Waals surface area (Å²) in [6.07, 6.45) is 5.12. The van der Waals surface area contributed by atoms with Gasteiger partial charge >= 0.3 is 0 Å². The molecule has 1 saturated carbocycles. The highest BCUT2D eigenvalue weighted by atomic mass is 16.5. The van der Waals surface area contributed by atoms with Crippen LogP contribution in [0.5, 0.6) is 5.75 Å². The minimum Gasteiger partial charge on any atom is -0.503 e. The summed E-state index contributed by atoms with van der Waals surface area (Å²) >= 11 is 0. The predicted octanol–water partition coefficient (Wildman–Crippen LogP) is 7.44. The minimum absolute atomic E-state index is 0.122. The summed E-state index contributed by atoms with van der Waals surface area (Å²) in [5.74, 6) is 1.87. The van der Waals surface area contributed by atoms with Crippen molar-refractivity contribution in [2.24, 2.45) is 17.6 Å². The highest BCUT2D eigenvalue weighted by Crippen LogP contribution is 2.30. The Morgan fingerprint density at radius 1 is 1.11 bits per heavy atom. The molecule has 2 atom stereocenters. The van der Waals surface area contributed by atoms with E-state index >= 15 is 0 Å². The zero-order valence-electron chi connectivity index (χ0n) is 23.1. The minimum atomic E-state index is -0.465. The molecule has 0 aromatic heterocycles. The van der Waals surface area contributed by atoms with Gasteiger partial charge in [0.05, 0.1) is 12.3 Å². The number of allylic oxidation sites excluding steroid dienone is 2. The molecule has 2 aromatic rings. The van der Waals surface area contributed by atoms with E-state index in [-0.39, 0.29) is 12.2 Å². The molecular formula is C31H45NO5. The normalized spacial score (nSPS) is 16.8. The van der Waals surface area contributed by atoms with Crippen LogP contribution in [0.4, 0.5) is 0 Å². The summed E-state index contributed by atoms with van der Waals surface area (Å²) in [4.78, 5) is 20.3. The summed E-state index contributed by atoms with van der Waals surface area (Å²) < 4.78 is 5.85. The van der Waals surface area contributed by atoms with Crippen molar-refractivity contribution < 1.29 is 24.5 Å². The highest BCUT2D eigenvalue weighted by Gasteiger charge is 2.21. The number of nitrogens with two attached hydrogens (primary N) is 1. The van der Waals surface area contributed by atoms with Gasteiger partial charge in [-0.2, -0.15) is 0 Å². The molecule has 2 unspecified atom stereocenters. The van der Waals surface area contributed by atoms with Crippen molar-refractivity contribution in [2.45, 2.75) is 66.2 Å². The van der Waals surface area contributed by atoms with Gasteiger partial charge in [0.2, 0.25) is 5.78 Å². The summed E-state index contributed by atoms with van der Waals surface area (Å²) in [6, 6.07) is 15.4. The standard InChI is InChI=1S/C18H25NO3.C10H14.C2H4.CH2O2/c1-12-5-3-4-6-15(12)11-22-16-9-7-14(8-10-16)18(21)17(20)13(2)19;1-8(2)10-7-5-4-6-9(10)3;1-2;2-1-3/h7-10,12,15,20H,3-6,11,19H2,1-2H3;4-8H,1-3H3;1-2H2;1H,(H,2,3)/b17-13+;;;. The Morgan fingerprint density at radius 3 is 2.11 bits per heavy atom. The first-order valence-corrected chi connectivity index (χ1v) is 12.7. The number of aryl methyl sites for hydroxylation is 1. The summed E-state index contributed by atoms with van der Waals surface area (Å²) in [5, 5.41) is 16.5. The van der Waals surface area contributed by atoms with Gasteiger partial charge in [0.25, 0.3) is 6.47 Å². The summed E-state index contributed by atoms with van der Waals surface area (Å²) in [7, 11) is 0. The van der Waals surface area contributed by atoms with E-state index in [1.54, 1.807) is 24.3 Å². The molecule has 37 heavy (non-hydrogen) atoms. The molecule has 0 spiro atoms. The van der Waals surface area contributed by atoms with Crippen molar-refractivity contribution in [1.82, 2.24) is 0 Å². The van der Waals surface area contributed by atoms with Gasteiger partial charge in [-0.25, -0.2) is 0 Å². The Morgan fingerprint density at radius 2 is 1.65 bits per heavy atom. The second kappa shape index (κ2) is 18.7. The molecule has 0 heterocycles. The quantitative estimate of drug-likeness (QED) is 0.122. The fraction of sp³-hybridized carbons (Fsp3) is 0.419. The number of carboxylic acid groups (broad SMARTS) is 1. The van der Waals surface area contributed by atoms with Crippen molar-refractivity contribution in [3.8, 4) is 5.75 Å². The van der Waals surface area contributed by atoms with E-state index in [1.807, 2.05) is 0 Å². The van der Waals surface area contributed by atoms with E-state index in [4.69, 9.17) is 20.4 Å². The fourth-order valence-corrected chi connectivity index (χ4v) is 4.10. The first-order chi connectivity index (χ1) is 17.6. The number of benzene rings is 2. The lowest BCUT2D eigenvalue weighted by atomic mass is 9.81. The molecule has 2 aromatic carbocycles. The molecule has 0 bridgehead atoms. The third kappa shape index (κ3) is 12.3. The Kier molecular flexibility index (Phi) is 16.9. The molecular weight excluding hydrogens is 466 g/mol. The predicted molar refractivity (Wildman–Crippen MR) is 152 cm³/mol. The number of ether oxygens (including phenoxy) is 1. The molecule has 4 N–H and O–H groups in total. The van der Waals surface area contributed by atoms with Crippen molar-refractivity contribution >= 4 is 12.3 Å². The number of hydrogen-bond donors (Lipinski definition) is 3. The van der Waals surface area contributed by atoms with Crippen LogP contribution in [0.25, 0.3) is 0 Å². The SMILES string of the molecule is C/C(N)=C(\O)C(=O)c1ccc(OCC2CCCCC2C)cc1.C=C.Cc1ccccc1C(C)C.O=CO. The number of aliphatic hydroxyl groups is 1. The van der Waals surface area contributed by atoms with E-state index in [9.17, 15) is 9.90 Å². The van der Waals surface area contributed by atoms with E-state index in [0.717, 1.165) is 12.4 Å². The lowest BCUT2D eigenvalue weighted by Crippen LogP contribution is -2.23. The van der Waals surface area contributed by atoms with Crippen LogP contribution in [0.15, 0.2) is 73.1 Å². The molecule has 1 fully saturated rings. The van der Waals surface area contributed by atoms with Gasteiger partial charge < -0.3 is 20.7 Å². The molecule has 3 rings (SSSR count). The molecule has 1 aliphatic rings. The first kappa shape index (κ1) is 33.5. The lowest BCUT2D eigenvalue weighted by Gasteiger charge is -2.28. The van der Waals surface area contributed by atoms with Crippen LogP contribution in [-0.4, -0.2) is 29.1 Å². The van der Waals surface area contributed by atoms with Crippen LogP contribution >= 0.6 is 0 Å². The third-order valence-corrected chi connectivity index (χ3v) is 6.27. The second-order valence-corrected chi connectivity index (χ2v) is 9.33. The molecule has 1 aliphatic carbocycles. The van der Waals surface area contributed by atoms with Crippen molar-refractivity contribution in [3.63, 3.8) is 0 Å². The highest BCUT2D eigenvalue weighted by molar-refractivity contribution is 6.07. The maximum atomic E-state index is 11.9. The third-order valence-electron chi connectivity index (χ3n) is 6.27. The van der Waals surface area contributed by atoms with E-state index < -0.39 is 11.5 Å². The molecule has 0 saturated heterocycles. The Bertz CT molecular complexity index is 962. The van der Waals surface area contributed by atoms with Gasteiger partial charge in [-0.05, 0) is 73.4 Å². The van der Waals surface area contributed by atoms with Gasteiger partial charge in [-0.1, -0.05) is 64.3 Å². The van der Waals surface area contributed by atoms with Gasteiger partial charge in [0.15, 0.2) is 5.76 Å². The number of ketones is 1. The fourth-order valence-electron chi connectivity index (χ4n) is 4.10. The van der Waals surface area contributed by atoms with Crippen LogP contribution in [0.1, 0.15) is 80.8 Å². The van der Waals surface area contributed by atoms with Crippen molar-refractivity contribution in [3.05, 3.63) is 89.8 Å². The van der Waals surface area contributed by atoms with Gasteiger partial charge in [0.1, 0.15) is 5.75 Å². The molecule has 6 heteroatoms. The zero-order chi connectivity index (χ0) is 28.4. The van der Waals surface area contributed by atoms with Crippen LogP contribution in [0, 0.1) is 18.8 Å². The van der Waals surface area contributed by atoms with Crippen LogP contribution in [0.2, 0.25) is 0 Å².